The number of benzene rings is 3. The first-order valence-electron chi connectivity index (χ1n) is 12.5. The van der Waals surface area contributed by atoms with E-state index in [1.807, 2.05) is 79.4 Å². The summed E-state index contributed by atoms with van der Waals surface area (Å²) in [4.78, 5) is 15.7. The molecule has 0 saturated carbocycles. The highest BCUT2D eigenvalue weighted by atomic mass is 35.5. The molecule has 0 bridgehead atoms. The number of hydrogen-bond acceptors (Lipinski definition) is 3. The van der Waals surface area contributed by atoms with Gasteiger partial charge in [0.1, 0.15) is 11.6 Å². The molecule has 5 rings (SSSR count). The van der Waals surface area contributed by atoms with Crippen molar-refractivity contribution in [1.29, 1.82) is 5.41 Å². The average Bonchev–Trinajstić information content (AvgIpc) is 2.83. The standard InChI is InChI=1S/C32H31ClN2O2/c1-19-8-12-21(13-9-19)27-28-25(17-32(3,4)18-26(28)36)35(24-7-5-6-23(33)16-24)31(34)29(27)30(37)22-14-10-20(2)11-15-22/h5-16,27,34,37H,17-18H2,1-4H3/b30-29+,34-31?. The predicted octanol–water partition coefficient (Wildman–Crippen LogP) is 8.15. The number of amidine groups is 1. The second-order valence-corrected chi connectivity index (χ2v) is 11.4. The monoisotopic (exact) mass is 510 g/mol. The first-order valence-corrected chi connectivity index (χ1v) is 12.9. The summed E-state index contributed by atoms with van der Waals surface area (Å²) in [5.74, 6) is -0.351. The van der Waals surface area contributed by atoms with E-state index in [0.29, 0.717) is 40.3 Å². The molecular weight excluding hydrogens is 480 g/mol. The highest BCUT2D eigenvalue weighted by Gasteiger charge is 2.46. The van der Waals surface area contributed by atoms with Gasteiger partial charge in [0, 0.05) is 45.5 Å². The molecule has 1 unspecified atom stereocenters. The number of nitrogens with zero attached hydrogens (tertiary/aromatic N) is 1. The first-order chi connectivity index (χ1) is 17.6. The van der Waals surface area contributed by atoms with E-state index in [-0.39, 0.29) is 22.8 Å². The topological polar surface area (TPSA) is 64.4 Å². The molecule has 1 aliphatic carbocycles. The molecule has 1 atom stereocenters. The third-order valence-corrected chi connectivity index (χ3v) is 7.51. The largest absolute Gasteiger partial charge is 0.507 e. The number of allylic oxidation sites excluding steroid dienone is 2. The molecule has 0 spiro atoms. The Morgan fingerprint density at radius 3 is 2.22 bits per heavy atom. The highest BCUT2D eigenvalue weighted by molar-refractivity contribution is 6.31. The summed E-state index contributed by atoms with van der Waals surface area (Å²) >= 11 is 6.38. The van der Waals surface area contributed by atoms with E-state index in [9.17, 15) is 15.3 Å². The summed E-state index contributed by atoms with van der Waals surface area (Å²) < 4.78 is 0. The number of hydrogen-bond donors (Lipinski definition) is 2. The highest BCUT2D eigenvalue weighted by Crippen LogP contribution is 2.51. The van der Waals surface area contributed by atoms with Crippen molar-refractivity contribution in [1.82, 2.24) is 0 Å². The maximum absolute atomic E-state index is 13.9. The molecule has 3 aromatic rings. The molecule has 0 amide bonds. The van der Waals surface area contributed by atoms with E-state index in [1.165, 1.54) is 0 Å². The number of anilines is 1. The molecule has 0 aromatic heterocycles. The third kappa shape index (κ3) is 4.62. The second kappa shape index (κ2) is 9.35. The van der Waals surface area contributed by atoms with Crippen molar-refractivity contribution in [2.45, 2.75) is 46.5 Å². The van der Waals surface area contributed by atoms with Crippen LogP contribution in [0.2, 0.25) is 5.02 Å². The second-order valence-electron chi connectivity index (χ2n) is 10.9. The van der Waals surface area contributed by atoms with Gasteiger partial charge in [-0.05, 0) is 49.4 Å². The van der Waals surface area contributed by atoms with Gasteiger partial charge in [0.05, 0.1) is 0 Å². The van der Waals surface area contributed by atoms with Crippen molar-refractivity contribution in [2.75, 3.05) is 4.90 Å². The molecule has 1 aliphatic heterocycles. The zero-order valence-electron chi connectivity index (χ0n) is 21.6. The van der Waals surface area contributed by atoms with Gasteiger partial charge in [0.15, 0.2) is 5.78 Å². The van der Waals surface area contributed by atoms with Gasteiger partial charge in [0.2, 0.25) is 0 Å². The lowest BCUT2D eigenvalue weighted by molar-refractivity contribution is -0.118. The zero-order chi connectivity index (χ0) is 26.5. The van der Waals surface area contributed by atoms with Gasteiger partial charge in [-0.25, -0.2) is 0 Å². The molecule has 188 valence electrons. The number of aliphatic hydroxyl groups is 1. The van der Waals surface area contributed by atoms with Crippen molar-refractivity contribution in [3.8, 4) is 0 Å². The Bertz CT molecular complexity index is 1460. The Morgan fingerprint density at radius 2 is 1.59 bits per heavy atom. The third-order valence-electron chi connectivity index (χ3n) is 7.28. The minimum absolute atomic E-state index is 0.00628. The molecule has 0 fully saturated rings. The van der Waals surface area contributed by atoms with Crippen LogP contribution < -0.4 is 4.90 Å². The quantitative estimate of drug-likeness (QED) is 0.349. The smallest absolute Gasteiger partial charge is 0.162 e. The van der Waals surface area contributed by atoms with Crippen LogP contribution >= 0.6 is 11.6 Å². The maximum Gasteiger partial charge on any atom is 0.162 e. The molecule has 37 heavy (non-hydrogen) atoms. The number of nitrogens with one attached hydrogen (secondary N) is 1. The van der Waals surface area contributed by atoms with Crippen molar-refractivity contribution >= 4 is 34.7 Å². The van der Waals surface area contributed by atoms with Gasteiger partial charge in [-0.3, -0.25) is 15.1 Å². The summed E-state index contributed by atoms with van der Waals surface area (Å²) in [5, 5.41) is 21.8. The van der Waals surface area contributed by atoms with Crippen LogP contribution in [0.25, 0.3) is 5.76 Å². The molecular formula is C32H31ClN2O2. The normalized spacial score (nSPS) is 20.7. The van der Waals surface area contributed by atoms with Crippen molar-refractivity contribution in [2.24, 2.45) is 5.41 Å². The molecule has 0 radical (unpaired) electrons. The van der Waals surface area contributed by atoms with Crippen LogP contribution in [-0.4, -0.2) is 16.7 Å². The molecule has 2 aliphatic rings. The number of rotatable bonds is 3. The minimum atomic E-state index is -0.552. The van der Waals surface area contributed by atoms with E-state index in [2.05, 4.69) is 13.8 Å². The molecule has 5 heteroatoms. The van der Waals surface area contributed by atoms with Gasteiger partial charge in [-0.2, -0.15) is 0 Å². The summed E-state index contributed by atoms with van der Waals surface area (Å²) in [6.45, 7) is 8.19. The number of carbonyl (C=O) groups excluding carboxylic acids is 1. The van der Waals surface area contributed by atoms with Crippen LogP contribution in [0.15, 0.2) is 89.6 Å². The molecule has 4 nitrogen and oxygen atoms in total. The van der Waals surface area contributed by atoms with Crippen molar-refractivity contribution < 1.29 is 9.90 Å². The van der Waals surface area contributed by atoms with E-state index in [0.717, 1.165) is 22.4 Å². The Balaban J connectivity index is 1.85. The lowest BCUT2D eigenvalue weighted by Crippen LogP contribution is -2.45. The summed E-state index contributed by atoms with van der Waals surface area (Å²) in [7, 11) is 0. The van der Waals surface area contributed by atoms with E-state index >= 15 is 0 Å². The van der Waals surface area contributed by atoms with Crippen LogP contribution in [0.1, 0.15) is 54.9 Å². The van der Waals surface area contributed by atoms with Gasteiger partial charge < -0.3 is 5.11 Å². The summed E-state index contributed by atoms with van der Waals surface area (Å²) in [5.41, 5.74) is 5.99. The van der Waals surface area contributed by atoms with Crippen molar-refractivity contribution in [3.63, 3.8) is 0 Å². The van der Waals surface area contributed by atoms with Crippen molar-refractivity contribution in [3.05, 3.63) is 117 Å². The lowest BCUT2D eigenvalue weighted by Gasteiger charge is -2.45. The van der Waals surface area contributed by atoms with E-state index in [1.54, 1.807) is 12.1 Å². The molecule has 1 heterocycles. The zero-order valence-corrected chi connectivity index (χ0v) is 22.4. The SMILES string of the molecule is Cc1ccc(/C(O)=C2\C(=N)N(c3cccc(Cl)c3)C3=C(C(=O)CC(C)(C)C3)C2c2ccc(C)cc2)cc1. The first kappa shape index (κ1) is 25.0. The van der Waals surface area contributed by atoms with Crippen LogP contribution in [0.5, 0.6) is 0 Å². The predicted molar refractivity (Wildman–Crippen MR) is 151 cm³/mol. The minimum Gasteiger partial charge on any atom is -0.507 e. The number of aryl methyl sites for hydroxylation is 2. The Kier molecular flexibility index (Phi) is 6.33. The molecule has 3 aromatic carbocycles. The van der Waals surface area contributed by atoms with Crippen LogP contribution in [-0.2, 0) is 4.79 Å². The van der Waals surface area contributed by atoms with E-state index in [4.69, 9.17) is 11.6 Å². The fourth-order valence-electron chi connectivity index (χ4n) is 5.47. The summed E-state index contributed by atoms with van der Waals surface area (Å²) in [6.07, 6.45) is 1.04. The Labute approximate surface area is 223 Å². The Morgan fingerprint density at radius 1 is 0.973 bits per heavy atom. The van der Waals surface area contributed by atoms with Gasteiger partial charge >= 0.3 is 0 Å². The Hall–Kier alpha value is -3.63. The fourth-order valence-corrected chi connectivity index (χ4v) is 5.66. The molecule has 0 saturated heterocycles. The van der Waals surface area contributed by atoms with Gasteiger partial charge in [-0.1, -0.05) is 91.2 Å². The number of aliphatic hydroxyl groups excluding tert-OH is 1. The lowest BCUT2D eigenvalue weighted by atomic mass is 9.67. The maximum atomic E-state index is 13.9. The van der Waals surface area contributed by atoms with Crippen LogP contribution in [0, 0.1) is 24.7 Å². The number of ketones is 1. The van der Waals surface area contributed by atoms with Crippen LogP contribution in [0.4, 0.5) is 5.69 Å². The number of Topliss-reactive ketones (excluding diaryl/α,β-unsaturated/α-hetero) is 1. The van der Waals surface area contributed by atoms with Gasteiger partial charge in [0.25, 0.3) is 0 Å². The fraction of sp³-hybridized carbons (Fsp3) is 0.250. The summed E-state index contributed by atoms with van der Waals surface area (Å²) in [6, 6.07) is 23.0. The van der Waals surface area contributed by atoms with E-state index < -0.39 is 5.92 Å². The average molecular weight is 511 g/mol. The molecule has 2 N–H and O–H groups in total. The van der Waals surface area contributed by atoms with Gasteiger partial charge in [-0.15, -0.1) is 0 Å². The van der Waals surface area contributed by atoms with Crippen LogP contribution in [0.3, 0.4) is 0 Å². The number of carbonyl (C=O) groups is 1. The number of halogens is 1.